The van der Waals surface area contributed by atoms with Crippen LogP contribution in [0.3, 0.4) is 0 Å². The highest BCUT2D eigenvalue weighted by Crippen LogP contribution is 2.53. The number of benzene rings is 1. The molecule has 13 heteroatoms. The van der Waals surface area contributed by atoms with Gasteiger partial charge in [-0.15, -0.1) is 0 Å². The summed E-state index contributed by atoms with van der Waals surface area (Å²) < 4.78 is 15.4. The lowest BCUT2D eigenvalue weighted by atomic mass is 9.58. The van der Waals surface area contributed by atoms with Crippen LogP contribution in [0.4, 0.5) is 10.1 Å². The molecule has 8 N–H and O–H groups in total. The number of amides is 2. The lowest BCUT2D eigenvalue weighted by Crippen LogP contribution is -2.63. The van der Waals surface area contributed by atoms with E-state index in [-0.39, 0.29) is 30.6 Å². The monoisotopic (exact) mass is 586 g/mol. The number of aromatic hydroxyl groups is 1. The van der Waals surface area contributed by atoms with Gasteiger partial charge in [0.25, 0.3) is 5.91 Å². The Hall–Kier alpha value is -3.81. The maximum absolute atomic E-state index is 15.4. The third-order valence-corrected chi connectivity index (χ3v) is 9.14. The highest BCUT2D eigenvalue weighted by molar-refractivity contribution is 6.25. The van der Waals surface area contributed by atoms with E-state index >= 15 is 4.39 Å². The number of halogens is 1. The molecule has 0 radical (unpaired) electrons. The highest BCUT2D eigenvalue weighted by Gasteiger charge is 2.63. The molecular weight excluding hydrogens is 551 g/mol. The smallest absolute Gasteiger partial charge is 0.255 e. The third-order valence-electron chi connectivity index (χ3n) is 9.14. The molecule has 0 unspecified atom stereocenters. The Morgan fingerprint density at radius 3 is 2.45 bits per heavy atom. The minimum absolute atomic E-state index is 0.0945. The molecule has 1 aromatic rings. The van der Waals surface area contributed by atoms with Crippen LogP contribution in [0.1, 0.15) is 48.0 Å². The summed E-state index contributed by atoms with van der Waals surface area (Å²) in [4.78, 5) is 53.2. The van der Waals surface area contributed by atoms with Crippen LogP contribution < -0.4 is 16.4 Å². The lowest BCUT2D eigenvalue weighted by molar-refractivity contribution is -0.148. The molecule has 4 atom stereocenters. The Bertz CT molecular complexity index is 1450. The SMILES string of the molecule is CN(C)[C@@H]1C(O)=C(C(N)=O)C(=O)[C@@]2(O)C(O)=C3C(=O)c4c(O)c(NC(=O)CNCC5CCCC5)cc(F)c4C[C@H]3C[C@@H]12. The standard InChI is InChI=1S/C29H35FN4O8/c1-34(2)22-15-8-13-7-14-16(30)9-17(33-18(35)11-32-10-12-5-3-4-6-12)23(36)20(14)24(37)19(13)26(39)29(15,42)27(40)21(25(22)38)28(31)41/h9,12-13,15,22,32,36,38-39,42H,3-8,10-11H2,1-2H3,(H2,31,41)(H,33,35)/t13-,15-,22-,29-/m0/s1. The molecule has 5 rings (SSSR count). The van der Waals surface area contributed by atoms with E-state index in [0.717, 1.165) is 31.7 Å². The van der Waals surface area contributed by atoms with Gasteiger partial charge < -0.3 is 36.8 Å². The van der Waals surface area contributed by atoms with E-state index < -0.39 is 86.7 Å². The number of carbonyl (C=O) groups excluding carboxylic acids is 4. The molecule has 0 heterocycles. The van der Waals surface area contributed by atoms with Crippen LogP contribution in [0.5, 0.6) is 5.75 Å². The molecule has 1 aromatic carbocycles. The van der Waals surface area contributed by atoms with Crippen LogP contribution in [0.25, 0.3) is 0 Å². The fraction of sp³-hybridized carbons (Fsp3) is 0.517. The van der Waals surface area contributed by atoms with E-state index in [0.29, 0.717) is 12.5 Å². The molecule has 0 spiro atoms. The van der Waals surface area contributed by atoms with Crippen molar-refractivity contribution in [2.24, 2.45) is 23.5 Å². The van der Waals surface area contributed by atoms with Gasteiger partial charge in [0, 0.05) is 23.1 Å². The lowest BCUT2D eigenvalue weighted by Gasteiger charge is -2.50. The van der Waals surface area contributed by atoms with Gasteiger partial charge in [-0.2, -0.15) is 0 Å². The predicted molar refractivity (Wildman–Crippen MR) is 147 cm³/mol. The zero-order chi connectivity index (χ0) is 30.7. The molecule has 4 aliphatic rings. The van der Waals surface area contributed by atoms with Crippen molar-refractivity contribution in [3.8, 4) is 5.75 Å². The minimum Gasteiger partial charge on any atom is -0.510 e. The molecule has 1 fully saturated rings. The number of nitrogens with zero attached hydrogens (tertiary/aromatic N) is 1. The van der Waals surface area contributed by atoms with E-state index in [1.807, 2.05) is 0 Å². The predicted octanol–water partition coefficient (Wildman–Crippen LogP) is 0.978. The summed E-state index contributed by atoms with van der Waals surface area (Å²) in [6.07, 6.45) is 4.11. The number of carbonyl (C=O) groups is 4. The second kappa shape index (κ2) is 10.8. The molecule has 226 valence electrons. The second-order valence-corrected chi connectivity index (χ2v) is 11.9. The summed E-state index contributed by atoms with van der Waals surface area (Å²) in [5.41, 5.74) is 0.205. The average Bonchev–Trinajstić information content (AvgIpc) is 3.42. The number of Topliss-reactive ketones (excluding diaryl/α,β-unsaturated/α-hetero) is 2. The molecule has 0 aromatic heterocycles. The number of likely N-dealkylation sites (N-methyl/N-ethyl adjacent to an activating group) is 1. The van der Waals surface area contributed by atoms with Gasteiger partial charge >= 0.3 is 0 Å². The maximum atomic E-state index is 15.4. The van der Waals surface area contributed by atoms with Crippen LogP contribution in [-0.2, 0) is 20.8 Å². The van der Waals surface area contributed by atoms with Crippen LogP contribution in [0.15, 0.2) is 28.7 Å². The highest BCUT2D eigenvalue weighted by atomic mass is 19.1. The molecule has 0 aliphatic heterocycles. The summed E-state index contributed by atoms with van der Waals surface area (Å²) in [7, 11) is 3.04. The van der Waals surface area contributed by atoms with Crippen molar-refractivity contribution in [1.82, 2.24) is 10.2 Å². The Kier molecular flexibility index (Phi) is 7.62. The van der Waals surface area contributed by atoms with E-state index in [1.165, 1.54) is 19.0 Å². The number of anilines is 1. The van der Waals surface area contributed by atoms with Crippen molar-refractivity contribution in [2.75, 3.05) is 32.5 Å². The normalized spacial score (nSPS) is 27.7. The number of rotatable bonds is 7. The largest absolute Gasteiger partial charge is 0.510 e. The number of nitrogens with one attached hydrogen (secondary N) is 2. The molecule has 1 saturated carbocycles. The fourth-order valence-electron chi connectivity index (χ4n) is 7.17. The Morgan fingerprint density at radius 2 is 1.83 bits per heavy atom. The van der Waals surface area contributed by atoms with Gasteiger partial charge in [-0.1, -0.05) is 12.8 Å². The number of hydrogen-bond acceptors (Lipinski definition) is 10. The van der Waals surface area contributed by atoms with Gasteiger partial charge in [-0.05, 0) is 58.2 Å². The summed E-state index contributed by atoms with van der Waals surface area (Å²) in [5.74, 6) is -9.24. The molecule has 0 bridgehead atoms. The zero-order valence-electron chi connectivity index (χ0n) is 23.4. The minimum atomic E-state index is -2.80. The van der Waals surface area contributed by atoms with Crippen molar-refractivity contribution in [1.29, 1.82) is 0 Å². The van der Waals surface area contributed by atoms with Gasteiger partial charge in [-0.3, -0.25) is 24.1 Å². The number of aliphatic hydroxyl groups is 3. The van der Waals surface area contributed by atoms with Gasteiger partial charge in [0.05, 0.1) is 23.8 Å². The van der Waals surface area contributed by atoms with E-state index in [9.17, 15) is 39.6 Å². The van der Waals surface area contributed by atoms with Gasteiger partial charge in [0.2, 0.25) is 11.7 Å². The number of nitrogens with two attached hydrogens (primary N) is 1. The molecule has 2 amide bonds. The first-order valence-electron chi connectivity index (χ1n) is 14.0. The number of fused-ring (bicyclic) bond motifs is 3. The number of allylic oxidation sites excluding steroid dienone is 1. The van der Waals surface area contributed by atoms with Crippen LogP contribution >= 0.6 is 0 Å². The van der Waals surface area contributed by atoms with Gasteiger partial charge in [0.1, 0.15) is 22.9 Å². The van der Waals surface area contributed by atoms with Crippen molar-refractivity contribution >= 4 is 29.1 Å². The average molecular weight is 587 g/mol. The number of phenols is 1. The Morgan fingerprint density at radius 1 is 1.17 bits per heavy atom. The summed E-state index contributed by atoms with van der Waals surface area (Å²) in [5, 5.41) is 50.2. The number of aliphatic hydroxyl groups excluding tert-OH is 2. The van der Waals surface area contributed by atoms with E-state index in [1.54, 1.807) is 0 Å². The van der Waals surface area contributed by atoms with Gasteiger partial charge in [-0.25, -0.2) is 4.39 Å². The third kappa shape index (κ3) is 4.56. The summed E-state index contributed by atoms with van der Waals surface area (Å²) >= 11 is 0. The molecular formula is C29H35FN4O8. The van der Waals surface area contributed by atoms with Crippen LogP contribution in [-0.4, -0.2) is 87.5 Å². The number of ketones is 2. The van der Waals surface area contributed by atoms with Crippen LogP contribution in [0, 0.1) is 23.6 Å². The topological polar surface area (TPSA) is 203 Å². The first kappa shape index (κ1) is 29.7. The molecule has 12 nitrogen and oxygen atoms in total. The molecule has 42 heavy (non-hydrogen) atoms. The number of hydrogen-bond donors (Lipinski definition) is 7. The van der Waals surface area contributed by atoms with Crippen molar-refractivity contribution in [3.63, 3.8) is 0 Å². The molecule has 4 aliphatic carbocycles. The summed E-state index contributed by atoms with van der Waals surface area (Å²) in [6, 6.07) is -0.224. The first-order chi connectivity index (χ1) is 19.8. The Labute approximate surface area is 241 Å². The van der Waals surface area contributed by atoms with Crippen molar-refractivity contribution < 1.29 is 44.0 Å². The Balaban J connectivity index is 1.50. The maximum Gasteiger partial charge on any atom is 0.255 e. The summed E-state index contributed by atoms with van der Waals surface area (Å²) in [6.45, 7) is 0.551. The molecule has 0 saturated heterocycles. The second-order valence-electron chi connectivity index (χ2n) is 11.9. The fourth-order valence-corrected chi connectivity index (χ4v) is 7.17. The number of primary amides is 1. The van der Waals surface area contributed by atoms with Crippen molar-refractivity contribution in [3.05, 3.63) is 45.7 Å². The van der Waals surface area contributed by atoms with E-state index in [4.69, 9.17) is 5.73 Å². The first-order valence-corrected chi connectivity index (χ1v) is 14.0. The van der Waals surface area contributed by atoms with Crippen molar-refractivity contribution in [2.45, 2.75) is 50.2 Å². The quantitative estimate of drug-likeness (QED) is 0.178. The number of phenolic OH excluding ortho intramolecular Hbond substituents is 1. The van der Waals surface area contributed by atoms with E-state index in [2.05, 4.69) is 10.6 Å². The van der Waals surface area contributed by atoms with Crippen LogP contribution in [0.2, 0.25) is 0 Å². The van der Waals surface area contributed by atoms with Gasteiger partial charge in [0.15, 0.2) is 17.1 Å². The zero-order valence-corrected chi connectivity index (χ0v) is 23.4.